The largest absolute Gasteiger partial charge is 0.480 e. The average Bonchev–Trinajstić information content (AvgIpc) is 2.66. The van der Waals surface area contributed by atoms with Gasteiger partial charge in [0.2, 0.25) is 10.0 Å². The molecule has 1 aromatic rings. The summed E-state index contributed by atoms with van der Waals surface area (Å²) in [7, 11) is -2.04. The summed E-state index contributed by atoms with van der Waals surface area (Å²) in [6, 6.07) is 3.50. The molecule has 10 heteroatoms. The van der Waals surface area contributed by atoms with E-state index in [1.165, 1.54) is 0 Å². The van der Waals surface area contributed by atoms with E-state index >= 15 is 0 Å². The van der Waals surface area contributed by atoms with Gasteiger partial charge in [-0.2, -0.15) is 4.72 Å². The molecule has 29 heavy (non-hydrogen) atoms. The van der Waals surface area contributed by atoms with Crippen molar-refractivity contribution in [3.05, 3.63) is 28.8 Å². The van der Waals surface area contributed by atoms with Gasteiger partial charge in [-0.1, -0.05) is 24.6 Å². The second-order valence-corrected chi connectivity index (χ2v) is 8.72. The molecule has 0 radical (unpaired) electrons. The SMILES string of the molecule is CC[C@@](CN)(NS(=O)(=O)c1c(C)cc(C)cc1C)C(=O)O.CNN1CCOCC1. The first-order valence-corrected chi connectivity index (χ1v) is 11.1. The van der Waals surface area contributed by atoms with Gasteiger partial charge in [0.1, 0.15) is 5.54 Å². The fraction of sp³-hybridized carbons (Fsp3) is 0.632. The number of aryl methyl sites for hydroxylation is 3. The number of hydrogen-bond donors (Lipinski definition) is 4. The molecular formula is C19H34N4O5S. The van der Waals surface area contributed by atoms with Crippen molar-refractivity contribution < 1.29 is 23.1 Å². The van der Waals surface area contributed by atoms with Crippen molar-refractivity contribution in [2.75, 3.05) is 39.9 Å². The second-order valence-electron chi connectivity index (χ2n) is 7.10. The van der Waals surface area contributed by atoms with Crippen LogP contribution in [0, 0.1) is 20.8 Å². The highest BCUT2D eigenvalue weighted by molar-refractivity contribution is 7.89. The van der Waals surface area contributed by atoms with E-state index in [1.54, 1.807) is 32.9 Å². The topological polar surface area (TPSA) is 134 Å². The molecule has 5 N–H and O–H groups in total. The lowest BCUT2D eigenvalue weighted by molar-refractivity contribution is -0.143. The molecule has 1 aliphatic heterocycles. The van der Waals surface area contributed by atoms with Crippen molar-refractivity contribution in [1.29, 1.82) is 0 Å². The summed E-state index contributed by atoms with van der Waals surface area (Å²) >= 11 is 0. The Labute approximate surface area is 173 Å². The summed E-state index contributed by atoms with van der Waals surface area (Å²) in [5, 5.41) is 11.5. The van der Waals surface area contributed by atoms with Crippen molar-refractivity contribution in [2.45, 2.75) is 44.6 Å². The molecule has 1 heterocycles. The molecule has 0 bridgehead atoms. The molecule has 2 rings (SSSR count). The standard InChI is InChI=1S/C14H22N2O4S.C5H12N2O/c1-5-14(8-15,13(17)18)16-21(19,20)12-10(3)6-9(2)7-11(12)4;1-6-7-2-4-8-5-3-7/h6-7,16H,5,8,15H2,1-4H3,(H,17,18);6H,2-5H2,1H3/t14-;/m0./s1. The number of sulfonamides is 1. The van der Waals surface area contributed by atoms with Gasteiger partial charge in [0, 0.05) is 19.6 Å². The van der Waals surface area contributed by atoms with E-state index in [0.29, 0.717) is 11.1 Å². The van der Waals surface area contributed by atoms with Crippen LogP contribution in [0.2, 0.25) is 0 Å². The van der Waals surface area contributed by atoms with Gasteiger partial charge >= 0.3 is 5.97 Å². The third-order valence-corrected chi connectivity index (χ3v) is 6.73. The summed E-state index contributed by atoms with van der Waals surface area (Å²) in [5.41, 5.74) is 8.96. The maximum atomic E-state index is 12.6. The van der Waals surface area contributed by atoms with Crippen LogP contribution < -0.4 is 15.9 Å². The first-order valence-electron chi connectivity index (χ1n) is 9.58. The van der Waals surface area contributed by atoms with Crippen LogP contribution in [-0.2, 0) is 19.6 Å². The number of hydrogen-bond acceptors (Lipinski definition) is 7. The lowest BCUT2D eigenvalue weighted by Gasteiger charge is -2.28. The zero-order chi connectivity index (χ0) is 22.2. The van der Waals surface area contributed by atoms with E-state index in [4.69, 9.17) is 10.5 Å². The Morgan fingerprint density at radius 3 is 2.10 bits per heavy atom. The van der Waals surface area contributed by atoms with E-state index in [1.807, 2.05) is 14.0 Å². The van der Waals surface area contributed by atoms with Crippen molar-refractivity contribution in [3.8, 4) is 0 Å². The molecule has 0 saturated carbocycles. The van der Waals surface area contributed by atoms with Crippen LogP contribution in [0.4, 0.5) is 0 Å². The number of carboxylic acids is 1. The van der Waals surface area contributed by atoms with Gasteiger partial charge in [-0.15, -0.1) is 0 Å². The number of rotatable bonds is 7. The Kier molecular flexibility index (Phi) is 9.66. The molecule has 166 valence electrons. The lowest BCUT2D eigenvalue weighted by atomic mass is 9.98. The number of carboxylic acid groups (broad SMARTS) is 1. The third kappa shape index (κ3) is 6.73. The first kappa shape index (κ1) is 25.5. The number of nitrogens with two attached hydrogens (primary N) is 1. The number of carbonyl (C=O) groups is 1. The van der Waals surface area contributed by atoms with Gasteiger partial charge in [-0.25, -0.2) is 13.4 Å². The third-order valence-electron chi connectivity index (χ3n) is 4.89. The predicted molar refractivity (Wildman–Crippen MR) is 112 cm³/mol. The van der Waals surface area contributed by atoms with Crippen LogP contribution >= 0.6 is 0 Å². The van der Waals surface area contributed by atoms with E-state index < -0.39 is 21.5 Å². The van der Waals surface area contributed by atoms with Gasteiger partial charge in [-0.3, -0.25) is 10.2 Å². The molecule has 1 aliphatic rings. The highest BCUT2D eigenvalue weighted by Gasteiger charge is 2.40. The van der Waals surface area contributed by atoms with Crippen LogP contribution in [0.1, 0.15) is 30.0 Å². The molecule has 9 nitrogen and oxygen atoms in total. The van der Waals surface area contributed by atoms with Gasteiger partial charge < -0.3 is 15.6 Å². The minimum atomic E-state index is -3.98. The number of aliphatic carboxylic acids is 1. The van der Waals surface area contributed by atoms with E-state index in [2.05, 4.69) is 15.2 Å². The monoisotopic (exact) mass is 430 g/mol. The molecule has 0 aliphatic carbocycles. The molecule has 1 saturated heterocycles. The maximum absolute atomic E-state index is 12.6. The summed E-state index contributed by atoms with van der Waals surface area (Å²) in [6.45, 7) is 10.3. The number of nitrogens with one attached hydrogen (secondary N) is 2. The van der Waals surface area contributed by atoms with Crippen molar-refractivity contribution in [2.24, 2.45) is 5.73 Å². The number of nitrogens with zero attached hydrogens (tertiary/aromatic N) is 1. The zero-order valence-electron chi connectivity index (χ0n) is 17.9. The van der Waals surface area contributed by atoms with E-state index in [9.17, 15) is 18.3 Å². The minimum absolute atomic E-state index is 0.0576. The molecule has 0 aromatic heterocycles. The Bertz CT molecular complexity index is 765. The average molecular weight is 431 g/mol. The van der Waals surface area contributed by atoms with Crippen LogP contribution in [0.5, 0.6) is 0 Å². The zero-order valence-corrected chi connectivity index (χ0v) is 18.7. The van der Waals surface area contributed by atoms with Crippen LogP contribution in [0.15, 0.2) is 17.0 Å². The quantitative estimate of drug-likeness (QED) is 0.492. The fourth-order valence-electron chi connectivity index (χ4n) is 3.23. The van der Waals surface area contributed by atoms with Crippen molar-refractivity contribution in [3.63, 3.8) is 0 Å². The molecule has 1 atom stereocenters. The summed E-state index contributed by atoms with van der Waals surface area (Å²) in [5.74, 6) is -1.28. The number of morpholine rings is 1. The Balaban J connectivity index is 0.000000436. The highest BCUT2D eigenvalue weighted by atomic mass is 32.2. The number of ether oxygens (including phenoxy) is 1. The Morgan fingerprint density at radius 1 is 1.24 bits per heavy atom. The van der Waals surface area contributed by atoms with E-state index in [-0.39, 0.29) is 17.9 Å². The molecule has 0 spiro atoms. The molecule has 0 unspecified atom stereocenters. The van der Waals surface area contributed by atoms with Gasteiger partial charge in [0.25, 0.3) is 0 Å². The van der Waals surface area contributed by atoms with Crippen molar-refractivity contribution in [1.82, 2.24) is 15.2 Å². The molecule has 0 amide bonds. The fourth-order valence-corrected chi connectivity index (χ4v) is 5.12. The smallest absolute Gasteiger partial charge is 0.326 e. The van der Waals surface area contributed by atoms with Crippen LogP contribution in [0.3, 0.4) is 0 Å². The summed E-state index contributed by atoms with van der Waals surface area (Å²) in [4.78, 5) is 11.5. The lowest BCUT2D eigenvalue weighted by Crippen LogP contribution is -2.58. The number of benzene rings is 1. The first-order chi connectivity index (χ1) is 13.5. The maximum Gasteiger partial charge on any atom is 0.326 e. The van der Waals surface area contributed by atoms with Gasteiger partial charge in [0.05, 0.1) is 18.1 Å². The molecule has 1 aromatic carbocycles. The summed E-state index contributed by atoms with van der Waals surface area (Å²) < 4.78 is 32.6. The Morgan fingerprint density at radius 2 is 1.76 bits per heavy atom. The normalized spacial score (nSPS) is 17.2. The summed E-state index contributed by atoms with van der Waals surface area (Å²) in [6.07, 6.45) is 0.0576. The van der Waals surface area contributed by atoms with Crippen LogP contribution in [0.25, 0.3) is 0 Å². The minimum Gasteiger partial charge on any atom is -0.480 e. The second kappa shape index (κ2) is 11.0. The highest BCUT2D eigenvalue weighted by Crippen LogP contribution is 2.24. The Hall–Kier alpha value is -1.56. The van der Waals surface area contributed by atoms with E-state index in [0.717, 1.165) is 31.9 Å². The predicted octanol–water partition coefficient (Wildman–Crippen LogP) is 0.535. The van der Waals surface area contributed by atoms with Crippen LogP contribution in [-0.4, -0.2) is 69.9 Å². The number of hydrazine groups is 1. The molecule has 1 fully saturated rings. The van der Waals surface area contributed by atoms with Gasteiger partial charge in [0.15, 0.2) is 0 Å². The molecular weight excluding hydrogens is 396 g/mol. The van der Waals surface area contributed by atoms with Crippen molar-refractivity contribution >= 4 is 16.0 Å². The van der Waals surface area contributed by atoms with Gasteiger partial charge in [-0.05, 0) is 45.4 Å².